The largest absolute Gasteiger partial charge is 0.496 e. The molecule has 0 radical (unpaired) electrons. The van der Waals surface area contributed by atoms with E-state index in [2.05, 4.69) is 9.88 Å². The summed E-state index contributed by atoms with van der Waals surface area (Å²) in [5.74, 6) is 0.902. The summed E-state index contributed by atoms with van der Waals surface area (Å²) in [4.78, 5) is 6.12. The zero-order valence-corrected chi connectivity index (χ0v) is 7.74. The van der Waals surface area contributed by atoms with Gasteiger partial charge in [0.05, 0.1) is 7.11 Å². The van der Waals surface area contributed by atoms with E-state index in [0.29, 0.717) is 0 Å². The molecule has 66 valence electrons. The first-order chi connectivity index (χ1) is 5.74. The Hall–Kier alpha value is -1.09. The maximum absolute atomic E-state index is 5.18. The molecule has 0 aromatic carbocycles. The fraction of sp³-hybridized carbons (Fsp3) is 0.444. The molecule has 3 heteroatoms. The molecule has 0 atom stereocenters. The van der Waals surface area contributed by atoms with Crippen LogP contribution in [0.5, 0.6) is 5.75 Å². The average Bonchev–Trinajstić information content (AvgIpc) is 2.04. The lowest BCUT2D eigenvalue weighted by atomic mass is 10.2. The molecule has 0 saturated carbocycles. The number of nitrogens with zero attached hydrogens (tertiary/aromatic N) is 2. The van der Waals surface area contributed by atoms with Gasteiger partial charge in [-0.1, -0.05) is 0 Å². The van der Waals surface area contributed by atoms with E-state index in [4.69, 9.17) is 4.74 Å². The lowest BCUT2D eigenvalue weighted by Gasteiger charge is -2.11. The number of aromatic nitrogens is 1. The van der Waals surface area contributed by atoms with Crippen LogP contribution in [0.1, 0.15) is 5.56 Å². The number of methoxy groups -OCH3 is 1. The first-order valence-electron chi connectivity index (χ1n) is 3.85. The standard InChI is InChI=1S/C9H14N2O/c1-11(2)7-8-6-10-5-4-9(8)12-3/h4-6H,7H2,1-3H3. The highest BCUT2D eigenvalue weighted by Crippen LogP contribution is 2.16. The van der Waals surface area contributed by atoms with E-state index in [-0.39, 0.29) is 0 Å². The van der Waals surface area contributed by atoms with Gasteiger partial charge < -0.3 is 9.64 Å². The first kappa shape index (κ1) is 9.00. The van der Waals surface area contributed by atoms with E-state index in [9.17, 15) is 0 Å². The van der Waals surface area contributed by atoms with Crippen LogP contribution in [0.2, 0.25) is 0 Å². The highest BCUT2D eigenvalue weighted by Gasteiger charge is 2.02. The average molecular weight is 166 g/mol. The molecule has 0 aliphatic heterocycles. The molecule has 1 aromatic rings. The van der Waals surface area contributed by atoms with Crippen molar-refractivity contribution in [2.75, 3.05) is 21.2 Å². The molecule has 0 spiro atoms. The third kappa shape index (κ3) is 2.20. The lowest BCUT2D eigenvalue weighted by Crippen LogP contribution is -2.11. The zero-order chi connectivity index (χ0) is 8.97. The molecule has 0 unspecified atom stereocenters. The third-order valence-corrected chi connectivity index (χ3v) is 1.57. The Morgan fingerprint density at radius 2 is 2.25 bits per heavy atom. The number of hydrogen-bond donors (Lipinski definition) is 0. The Morgan fingerprint density at radius 1 is 1.50 bits per heavy atom. The van der Waals surface area contributed by atoms with Gasteiger partial charge in [0.1, 0.15) is 5.75 Å². The van der Waals surface area contributed by atoms with Crippen molar-refractivity contribution in [2.45, 2.75) is 6.54 Å². The molecule has 1 heterocycles. The predicted molar refractivity (Wildman–Crippen MR) is 48.2 cm³/mol. The minimum Gasteiger partial charge on any atom is -0.496 e. The van der Waals surface area contributed by atoms with Crippen molar-refractivity contribution in [1.82, 2.24) is 9.88 Å². The third-order valence-electron chi connectivity index (χ3n) is 1.57. The van der Waals surface area contributed by atoms with Gasteiger partial charge in [0.2, 0.25) is 0 Å². The quantitative estimate of drug-likeness (QED) is 0.673. The van der Waals surface area contributed by atoms with Gasteiger partial charge >= 0.3 is 0 Å². The Balaban J connectivity index is 2.82. The fourth-order valence-corrected chi connectivity index (χ4v) is 1.07. The van der Waals surface area contributed by atoms with Crippen molar-refractivity contribution in [1.29, 1.82) is 0 Å². The summed E-state index contributed by atoms with van der Waals surface area (Å²) in [6.45, 7) is 0.858. The Labute approximate surface area is 73.0 Å². The van der Waals surface area contributed by atoms with Gasteiger partial charge in [-0.3, -0.25) is 4.98 Å². The monoisotopic (exact) mass is 166 g/mol. The molecule has 1 aromatic heterocycles. The van der Waals surface area contributed by atoms with Crippen molar-refractivity contribution in [3.05, 3.63) is 24.0 Å². The van der Waals surface area contributed by atoms with Crippen molar-refractivity contribution in [3.8, 4) is 5.75 Å². The molecule has 0 N–H and O–H groups in total. The molecule has 1 rings (SSSR count). The van der Waals surface area contributed by atoms with E-state index in [1.165, 1.54) is 0 Å². The molecule has 0 amide bonds. The number of pyridine rings is 1. The van der Waals surface area contributed by atoms with E-state index in [1.54, 1.807) is 13.3 Å². The van der Waals surface area contributed by atoms with Crippen LogP contribution in [0, 0.1) is 0 Å². The normalized spacial score (nSPS) is 10.3. The molecule has 12 heavy (non-hydrogen) atoms. The molecule has 0 saturated heterocycles. The van der Waals surface area contributed by atoms with Gasteiger partial charge in [0, 0.05) is 24.5 Å². The van der Waals surface area contributed by atoms with Crippen LogP contribution in [0.4, 0.5) is 0 Å². The molecular formula is C9H14N2O. The van der Waals surface area contributed by atoms with Gasteiger partial charge in [-0.05, 0) is 20.2 Å². The van der Waals surface area contributed by atoms with Crippen molar-refractivity contribution in [2.24, 2.45) is 0 Å². The van der Waals surface area contributed by atoms with Gasteiger partial charge in [0.25, 0.3) is 0 Å². The maximum atomic E-state index is 5.18. The topological polar surface area (TPSA) is 25.4 Å². The molecule has 0 aliphatic rings. The minimum absolute atomic E-state index is 0.858. The summed E-state index contributed by atoms with van der Waals surface area (Å²) < 4.78 is 5.18. The maximum Gasteiger partial charge on any atom is 0.126 e. The highest BCUT2D eigenvalue weighted by atomic mass is 16.5. The van der Waals surface area contributed by atoms with Gasteiger partial charge in [-0.2, -0.15) is 0 Å². The number of ether oxygens (including phenoxy) is 1. The summed E-state index contributed by atoms with van der Waals surface area (Å²) in [6.07, 6.45) is 3.57. The first-order valence-corrected chi connectivity index (χ1v) is 3.85. The number of rotatable bonds is 3. The molecule has 0 aliphatic carbocycles. The van der Waals surface area contributed by atoms with Gasteiger partial charge in [-0.25, -0.2) is 0 Å². The Morgan fingerprint density at radius 3 is 2.83 bits per heavy atom. The van der Waals surface area contributed by atoms with Gasteiger partial charge in [-0.15, -0.1) is 0 Å². The Bertz CT molecular complexity index is 248. The lowest BCUT2D eigenvalue weighted by molar-refractivity contribution is 0.371. The van der Waals surface area contributed by atoms with E-state index in [1.807, 2.05) is 26.4 Å². The van der Waals surface area contributed by atoms with Crippen molar-refractivity contribution < 1.29 is 4.74 Å². The predicted octanol–water partition coefficient (Wildman–Crippen LogP) is 1.15. The van der Waals surface area contributed by atoms with Crippen LogP contribution in [0.25, 0.3) is 0 Å². The molecule has 3 nitrogen and oxygen atoms in total. The van der Waals surface area contributed by atoms with Crippen molar-refractivity contribution in [3.63, 3.8) is 0 Å². The number of hydrogen-bond acceptors (Lipinski definition) is 3. The SMILES string of the molecule is COc1ccncc1CN(C)C. The summed E-state index contributed by atoms with van der Waals surface area (Å²) in [5.41, 5.74) is 1.12. The van der Waals surface area contributed by atoms with Crippen LogP contribution in [0.3, 0.4) is 0 Å². The van der Waals surface area contributed by atoms with Crippen LogP contribution in [-0.2, 0) is 6.54 Å². The summed E-state index contributed by atoms with van der Waals surface area (Å²) in [6, 6.07) is 1.87. The van der Waals surface area contributed by atoms with E-state index >= 15 is 0 Å². The molecular weight excluding hydrogens is 152 g/mol. The van der Waals surface area contributed by atoms with Gasteiger partial charge in [0.15, 0.2) is 0 Å². The molecule has 0 bridgehead atoms. The van der Waals surface area contributed by atoms with Crippen LogP contribution >= 0.6 is 0 Å². The van der Waals surface area contributed by atoms with Crippen LogP contribution < -0.4 is 4.74 Å². The summed E-state index contributed by atoms with van der Waals surface area (Å²) >= 11 is 0. The fourth-order valence-electron chi connectivity index (χ4n) is 1.07. The second-order valence-electron chi connectivity index (χ2n) is 2.93. The zero-order valence-electron chi connectivity index (χ0n) is 7.74. The second-order valence-corrected chi connectivity index (χ2v) is 2.93. The van der Waals surface area contributed by atoms with E-state index < -0.39 is 0 Å². The second kappa shape index (κ2) is 4.07. The van der Waals surface area contributed by atoms with Crippen molar-refractivity contribution >= 4 is 0 Å². The van der Waals surface area contributed by atoms with Crippen LogP contribution in [0.15, 0.2) is 18.5 Å². The Kier molecular flexibility index (Phi) is 3.05. The van der Waals surface area contributed by atoms with E-state index in [0.717, 1.165) is 17.9 Å². The summed E-state index contributed by atoms with van der Waals surface area (Å²) in [5, 5.41) is 0. The minimum atomic E-state index is 0.858. The smallest absolute Gasteiger partial charge is 0.126 e. The molecule has 0 fully saturated rings. The highest BCUT2D eigenvalue weighted by molar-refractivity contribution is 5.29. The van der Waals surface area contributed by atoms with Crippen LogP contribution in [-0.4, -0.2) is 31.1 Å². The summed E-state index contributed by atoms with van der Waals surface area (Å²) in [7, 11) is 5.72.